The van der Waals surface area contributed by atoms with Crippen LogP contribution in [-0.4, -0.2) is 64.9 Å². The maximum atomic E-state index is 12.2. The highest BCUT2D eigenvalue weighted by molar-refractivity contribution is 7.92. The van der Waals surface area contributed by atoms with Crippen molar-refractivity contribution in [2.75, 3.05) is 34.2 Å². The van der Waals surface area contributed by atoms with Gasteiger partial charge in [0.25, 0.3) is 8.32 Å². The average molecular weight is 796 g/mol. The van der Waals surface area contributed by atoms with E-state index < -0.39 is 28.4 Å². The van der Waals surface area contributed by atoms with Gasteiger partial charge < -0.3 is 14.3 Å². The second-order valence-electron chi connectivity index (χ2n) is 15.3. The van der Waals surface area contributed by atoms with Gasteiger partial charge >= 0.3 is 0 Å². The monoisotopic (exact) mass is 794 g/mol. The average Bonchev–Trinajstić information content (AvgIpc) is 3.59. The maximum Gasteiger partial charge on any atom is 0.250 e. The lowest BCUT2D eigenvalue weighted by Crippen LogP contribution is -2.43. The predicted molar refractivity (Wildman–Crippen MR) is 217 cm³/mol. The molecule has 0 saturated carbocycles. The summed E-state index contributed by atoms with van der Waals surface area (Å²) < 4.78 is 63.9. The number of ether oxygens (including phenoxy) is 1. The number of nitrogens with zero attached hydrogens (tertiary/aromatic N) is 2. The summed E-state index contributed by atoms with van der Waals surface area (Å²) in [6.45, 7) is 21.6. The molecule has 0 amide bonds. The van der Waals surface area contributed by atoms with Crippen molar-refractivity contribution >= 4 is 52.4 Å². The van der Waals surface area contributed by atoms with Crippen LogP contribution in [0, 0.1) is 11.8 Å². The highest BCUT2D eigenvalue weighted by Gasteiger charge is 2.39. The molecule has 1 saturated heterocycles. The van der Waals surface area contributed by atoms with Crippen molar-refractivity contribution < 1.29 is 31.1 Å². The lowest BCUT2D eigenvalue weighted by atomic mass is 10.1. The molecule has 0 atom stereocenters. The van der Waals surface area contributed by atoms with Gasteiger partial charge in [0.2, 0.25) is 20.0 Å². The SMILES string of the molecule is C1CCOC1.CC(C)CCCCCS(=O)(=O)Nc1ccc(O)cn1.CC(C)CCCCCS(=O)(=O)Nc1ccc(O[Si](C)(C)C(C)(C)C)cn1.Cl. The third-order valence-electron chi connectivity index (χ3n) is 8.40. The molecule has 3 heterocycles. The number of unbranched alkanes of at least 4 members (excludes halogenated alkanes) is 4. The molecule has 11 nitrogen and oxygen atoms in total. The van der Waals surface area contributed by atoms with Crippen molar-refractivity contribution in [1.29, 1.82) is 0 Å². The van der Waals surface area contributed by atoms with E-state index >= 15 is 0 Å². The van der Waals surface area contributed by atoms with Crippen molar-refractivity contribution in [2.24, 2.45) is 11.8 Å². The molecule has 0 spiro atoms. The minimum absolute atomic E-state index is 0. The Hall–Kier alpha value is -2.13. The Kier molecular flexibility index (Phi) is 23.2. The molecule has 3 rings (SSSR count). The van der Waals surface area contributed by atoms with E-state index in [9.17, 15) is 16.8 Å². The fourth-order valence-electron chi connectivity index (χ4n) is 4.37. The lowest BCUT2D eigenvalue weighted by Gasteiger charge is -2.36. The summed E-state index contributed by atoms with van der Waals surface area (Å²) in [6.07, 6.45) is 13.0. The smallest absolute Gasteiger partial charge is 0.250 e. The number of halogens is 1. The topological polar surface area (TPSA) is 157 Å². The van der Waals surface area contributed by atoms with Crippen LogP contribution < -0.4 is 13.9 Å². The number of rotatable bonds is 18. The normalized spacial score (nSPS) is 13.4. The number of sulfonamides is 2. The summed E-state index contributed by atoms with van der Waals surface area (Å²) in [6, 6.07) is 6.28. The van der Waals surface area contributed by atoms with Crippen LogP contribution in [-0.2, 0) is 24.8 Å². The zero-order chi connectivity index (χ0) is 37.8. The molecular formula is C36H67ClN4O7S2Si. The first-order valence-electron chi connectivity index (χ1n) is 18.1. The summed E-state index contributed by atoms with van der Waals surface area (Å²) >= 11 is 0. The summed E-state index contributed by atoms with van der Waals surface area (Å²) in [5.41, 5.74) is 0. The molecule has 0 aliphatic carbocycles. The molecule has 1 aliphatic rings. The summed E-state index contributed by atoms with van der Waals surface area (Å²) in [5, 5.41) is 9.16. The molecule has 15 heteroatoms. The van der Waals surface area contributed by atoms with Gasteiger partial charge in [-0.15, -0.1) is 12.4 Å². The molecule has 296 valence electrons. The van der Waals surface area contributed by atoms with Gasteiger partial charge in [-0.2, -0.15) is 0 Å². The molecule has 0 bridgehead atoms. The van der Waals surface area contributed by atoms with Gasteiger partial charge in [0.1, 0.15) is 23.1 Å². The fraction of sp³-hybridized carbons (Fsp3) is 0.722. The summed E-state index contributed by atoms with van der Waals surface area (Å²) in [5.74, 6) is 2.85. The van der Waals surface area contributed by atoms with E-state index in [0.717, 1.165) is 51.7 Å². The van der Waals surface area contributed by atoms with Crippen LogP contribution in [0.2, 0.25) is 18.1 Å². The van der Waals surface area contributed by atoms with Crippen LogP contribution >= 0.6 is 12.4 Å². The molecule has 1 aliphatic heterocycles. The number of anilines is 2. The maximum absolute atomic E-state index is 12.2. The van der Waals surface area contributed by atoms with Gasteiger partial charge in [0.15, 0.2) is 0 Å². The standard InChI is InChI=1S/C19H36N2O3SSi.C13H22N2O3S.C4H8O.ClH/c1-16(2)11-9-8-10-14-25(22,23)21-18-13-12-17(15-20-18)24-26(6,7)19(3,4)5;1-11(2)6-4-3-5-9-19(17,18)15-13-8-7-12(16)10-14-13;1-2-4-5-3-1;/h12-13,15-16H,8-11,14H2,1-7H3,(H,20,21);7-8,10-11,16H,3-6,9H2,1-2H3,(H,14,15);1-4H2;1H. The molecule has 0 aromatic carbocycles. The highest BCUT2D eigenvalue weighted by Crippen LogP contribution is 2.37. The van der Waals surface area contributed by atoms with Crippen LogP contribution in [0.1, 0.15) is 113 Å². The van der Waals surface area contributed by atoms with Crippen molar-refractivity contribution in [3.63, 3.8) is 0 Å². The molecule has 2 aromatic rings. The quantitative estimate of drug-likeness (QED) is 0.0988. The highest BCUT2D eigenvalue weighted by atomic mass is 35.5. The Balaban J connectivity index is 0.000000871. The Morgan fingerprint density at radius 3 is 1.55 bits per heavy atom. The van der Waals surface area contributed by atoms with Crippen LogP contribution in [0.5, 0.6) is 11.5 Å². The number of pyridine rings is 2. The van der Waals surface area contributed by atoms with Gasteiger partial charge in [-0.05, 0) is 79.9 Å². The molecule has 3 N–H and O–H groups in total. The van der Waals surface area contributed by atoms with Crippen LogP contribution in [0.25, 0.3) is 0 Å². The predicted octanol–water partition coefficient (Wildman–Crippen LogP) is 9.39. The first-order valence-corrected chi connectivity index (χ1v) is 24.3. The molecule has 0 radical (unpaired) electrons. The zero-order valence-corrected chi connectivity index (χ0v) is 36.0. The lowest BCUT2D eigenvalue weighted by molar-refractivity contribution is 0.198. The third kappa shape index (κ3) is 23.9. The Labute approximate surface area is 317 Å². The van der Waals surface area contributed by atoms with E-state index in [1.165, 1.54) is 31.2 Å². The van der Waals surface area contributed by atoms with E-state index in [2.05, 4.69) is 81.0 Å². The number of hydrogen-bond acceptors (Lipinski definition) is 9. The largest absolute Gasteiger partial charge is 0.542 e. The van der Waals surface area contributed by atoms with Crippen molar-refractivity contribution in [2.45, 2.75) is 131 Å². The Bertz CT molecular complexity index is 1410. The van der Waals surface area contributed by atoms with Gasteiger partial charge in [-0.1, -0.05) is 87.0 Å². The zero-order valence-electron chi connectivity index (χ0n) is 32.5. The van der Waals surface area contributed by atoms with Crippen molar-refractivity contribution in [3.05, 3.63) is 36.7 Å². The van der Waals surface area contributed by atoms with Gasteiger partial charge in [0, 0.05) is 13.2 Å². The van der Waals surface area contributed by atoms with Crippen LogP contribution in [0.3, 0.4) is 0 Å². The minimum atomic E-state index is -3.35. The van der Waals surface area contributed by atoms with Gasteiger partial charge in [-0.3, -0.25) is 9.44 Å². The third-order valence-corrected chi connectivity index (χ3v) is 15.5. The second kappa shape index (κ2) is 24.2. The fourth-order valence-corrected chi connectivity index (χ4v) is 7.64. The molecule has 51 heavy (non-hydrogen) atoms. The first-order chi connectivity index (χ1) is 23.2. The number of hydrogen-bond donors (Lipinski definition) is 3. The van der Waals surface area contributed by atoms with E-state index in [-0.39, 0.29) is 40.5 Å². The van der Waals surface area contributed by atoms with Crippen molar-refractivity contribution in [1.82, 2.24) is 9.97 Å². The second-order valence-corrected chi connectivity index (χ2v) is 23.7. The van der Waals surface area contributed by atoms with Gasteiger partial charge in [-0.25, -0.2) is 26.8 Å². The Morgan fingerprint density at radius 2 is 1.22 bits per heavy atom. The van der Waals surface area contributed by atoms with Crippen LogP contribution in [0.4, 0.5) is 11.6 Å². The molecular weight excluding hydrogens is 728 g/mol. The van der Waals surface area contributed by atoms with E-state index in [0.29, 0.717) is 36.2 Å². The molecule has 2 aromatic heterocycles. The first kappa shape index (κ1) is 48.9. The number of aromatic hydroxyl groups is 1. The van der Waals surface area contributed by atoms with E-state index in [1.807, 2.05) is 0 Å². The van der Waals surface area contributed by atoms with E-state index in [1.54, 1.807) is 18.3 Å². The van der Waals surface area contributed by atoms with Crippen LogP contribution in [0.15, 0.2) is 36.7 Å². The molecule has 1 fully saturated rings. The number of nitrogens with one attached hydrogen (secondary N) is 2. The Morgan fingerprint density at radius 1 is 0.765 bits per heavy atom. The van der Waals surface area contributed by atoms with Gasteiger partial charge in [0.05, 0.1) is 23.9 Å². The summed E-state index contributed by atoms with van der Waals surface area (Å²) in [4.78, 5) is 8.00. The van der Waals surface area contributed by atoms with E-state index in [4.69, 9.17) is 14.3 Å². The number of aromatic nitrogens is 2. The van der Waals surface area contributed by atoms with Crippen molar-refractivity contribution in [3.8, 4) is 11.5 Å². The minimum Gasteiger partial charge on any atom is -0.542 e. The molecule has 0 unspecified atom stereocenters. The summed E-state index contributed by atoms with van der Waals surface area (Å²) in [7, 11) is -8.62.